The number of hydrogen-bond acceptors (Lipinski definition) is 3. The largest absolute Gasteiger partial charge is 0.351 e. The van der Waals surface area contributed by atoms with Crippen LogP contribution in [0.4, 0.5) is 0 Å². The predicted octanol–water partition coefficient (Wildman–Crippen LogP) is 3.17. The molecule has 1 saturated heterocycles. The van der Waals surface area contributed by atoms with Gasteiger partial charge in [-0.05, 0) is 38.3 Å². The zero-order chi connectivity index (χ0) is 14.8. The van der Waals surface area contributed by atoms with E-state index in [-0.39, 0.29) is 11.2 Å². The standard InChI is InChI=1S/C16H21ClN2OS/c1-11(21-15-5-3-2-4-14(15)17)16(20)18-12-8-9-19(10-12)13-6-7-13/h2-5,11-13H,6-10H2,1H3,(H,18,20)/t11-,12+/m0/s1. The summed E-state index contributed by atoms with van der Waals surface area (Å²) in [5.74, 6) is 0.113. The summed E-state index contributed by atoms with van der Waals surface area (Å²) < 4.78 is 0. The van der Waals surface area contributed by atoms with E-state index in [4.69, 9.17) is 11.6 Å². The zero-order valence-corrected chi connectivity index (χ0v) is 13.8. The first-order valence-corrected chi connectivity index (χ1v) is 8.85. The van der Waals surface area contributed by atoms with Crippen molar-refractivity contribution in [3.8, 4) is 0 Å². The Morgan fingerprint density at radius 1 is 1.38 bits per heavy atom. The lowest BCUT2D eigenvalue weighted by Gasteiger charge is -2.18. The Balaban J connectivity index is 1.49. The maximum absolute atomic E-state index is 12.3. The van der Waals surface area contributed by atoms with Crippen molar-refractivity contribution in [2.24, 2.45) is 0 Å². The van der Waals surface area contributed by atoms with Crippen LogP contribution in [0.3, 0.4) is 0 Å². The summed E-state index contributed by atoms with van der Waals surface area (Å²) in [6.45, 7) is 4.08. The van der Waals surface area contributed by atoms with Gasteiger partial charge in [-0.15, -0.1) is 11.8 Å². The average molecular weight is 325 g/mol. The van der Waals surface area contributed by atoms with Gasteiger partial charge in [-0.1, -0.05) is 23.7 Å². The number of rotatable bonds is 5. The van der Waals surface area contributed by atoms with Crippen molar-refractivity contribution in [1.29, 1.82) is 0 Å². The van der Waals surface area contributed by atoms with Crippen LogP contribution >= 0.6 is 23.4 Å². The highest BCUT2D eigenvalue weighted by molar-refractivity contribution is 8.00. The molecule has 1 N–H and O–H groups in total. The molecule has 21 heavy (non-hydrogen) atoms. The molecule has 1 heterocycles. The predicted molar refractivity (Wildman–Crippen MR) is 87.9 cm³/mol. The lowest BCUT2D eigenvalue weighted by molar-refractivity contribution is -0.120. The Kier molecular flexibility index (Phi) is 4.77. The fraction of sp³-hybridized carbons (Fsp3) is 0.562. The van der Waals surface area contributed by atoms with Crippen LogP contribution in [0.2, 0.25) is 5.02 Å². The normalized spacial score (nSPS) is 24.0. The fourth-order valence-electron chi connectivity index (χ4n) is 2.78. The Labute approximate surface area is 135 Å². The van der Waals surface area contributed by atoms with E-state index in [1.165, 1.54) is 24.6 Å². The van der Waals surface area contributed by atoms with Gasteiger partial charge in [0.05, 0.1) is 10.3 Å². The molecular weight excluding hydrogens is 304 g/mol. The Bertz CT molecular complexity index is 521. The number of thioether (sulfide) groups is 1. The highest BCUT2D eigenvalue weighted by Gasteiger charge is 2.35. The van der Waals surface area contributed by atoms with E-state index in [1.807, 2.05) is 31.2 Å². The monoisotopic (exact) mass is 324 g/mol. The van der Waals surface area contributed by atoms with Gasteiger partial charge in [-0.3, -0.25) is 9.69 Å². The van der Waals surface area contributed by atoms with E-state index in [1.54, 1.807) is 0 Å². The third-order valence-electron chi connectivity index (χ3n) is 4.14. The summed E-state index contributed by atoms with van der Waals surface area (Å²) in [5.41, 5.74) is 0. The smallest absolute Gasteiger partial charge is 0.233 e. The summed E-state index contributed by atoms with van der Waals surface area (Å²) in [5, 5.41) is 3.77. The summed E-state index contributed by atoms with van der Waals surface area (Å²) in [6, 6.07) is 8.78. The third-order valence-corrected chi connectivity index (χ3v) is 5.76. The highest BCUT2D eigenvalue weighted by Crippen LogP contribution is 2.31. The minimum Gasteiger partial charge on any atom is -0.351 e. The van der Waals surface area contributed by atoms with Crippen molar-refractivity contribution in [3.63, 3.8) is 0 Å². The molecule has 3 nitrogen and oxygen atoms in total. The molecule has 2 fully saturated rings. The number of amides is 1. The van der Waals surface area contributed by atoms with Gasteiger partial charge >= 0.3 is 0 Å². The molecule has 2 aliphatic rings. The van der Waals surface area contributed by atoms with Crippen molar-refractivity contribution in [2.45, 2.75) is 48.4 Å². The minimum atomic E-state index is -0.125. The van der Waals surface area contributed by atoms with Gasteiger partial charge < -0.3 is 5.32 Å². The number of benzene rings is 1. The number of likely N-dealkylation sites (tertiary alicyclic amines) is 1. The average Bonchev–Trinajstić information content (AvgIpc) is 3.22. The van der Waals surface area contributed by atoms with E-state index in [9.17, 15) is 4.79 Å². The quantitative estimate of drug-likeness (QED) is 0.844. The van der Waals surface area contributed by atoms with Crippen LogP contribution in [0.15, 0.2) is 29.2 Å². The van der Waals surface area contributed by atoms with Crippen LogP contribution in [0.1, 0.15) is 26.2 Å². The second-order valence-corrected chi connectivity index (χ2v) is 7.70. The van der Waals surface area contributed by atoms with Gasteiger partial charge in [-0.25, -0.2) is 0 Å². The zero-order valence-electron chi connectivity index (χ0n) is 12.2. The number of carbonyl (C=O) groups is 1. The molecule has 2 atom stereocenters. The van der Waals surface area contributed by atoms with Crippen LogP contribution in [0.5, 0.6) is 0 Å². The molecule has 1 aliphatic heterocycles. The Morgan fingerprint density at radius 2 is 2.14 bits per heavy atom. The van der Waals surface area contributed by atoms with Crippen LogP contribution < -0.4 is 5.32 Å². The molecule has 1 aromatic carbocycles. The molecule has 0 radical (unpaired) electrons. The van der Waals surface area contributed by atoms with Gasteiger partial charge in [0.15, 0.2) is 0 Å². The molecule has 1 aliphatic carbocycles. The van der Waals surface area contributed by atoms with Crippen molar-refractivity contribution in [3.05, 3.63) is 29.3 Å². The van der Waals surface area contributed by atoms with E-state index in [2.05, 4.69) is 10.2 Å². The van der Waals surface area contributed by atoms with E-state index >= 15 is 0 Å². The summed E-state index contributed by atoms with van der Waals surface area (Å²) in [6.07, 6.45) is 3.74. The topological polar surface area (TPSA) is 32.3 Å². The number of halogens is 1. The van der Waals surface area contributed by atoms with Crippen molar-refractivity contribution in [2.75, 3.05) is 13.1 Å². The SMILES string of the molecule is C[C@H](Sc1ccccc1Cl)C(=O)N[C@@H]1CCN(C2CC2)C1. The van der Waals surface area contributed by atoms with Gasteiger partial charge in [-0.2, -0.15) is 0 Å². The van der Waals surface area contributed by atoms with Crippen LogP contribution in [-0.4, -0.2) is 41.2 Å². The Morgan fingerprint density at radius 3 is 2.86 bits per heavy atom. The lowest BCUT2D eigenvalue weighted by atomic mass is 10.2. The molecule has 0 unspecified atom stereocenters. The lowest BCUT2D eigenvalue weighted by Crippen LogP contribution is -2.41. The first-order valence-electron chi connectivity index (χ1n) is 7.59. The van der Waals surface area contributed by atoms with Crippen molar-refractivity contribution in [1.82, 2.24) is 10.2 Å². The first-order chi connectivity index (χ1) is 10.1. The molecule has 1 saturated carbocycles. The fourth-order valence-corrected chi connectivity index (χ4v) is 3.94. The summed E-state index contributed by atoms with van der Waals surface area (Å²) in [4.78, 5) is 15.8. The third kappa shape index (κ3) is 3.93. The maximum atomic E-state index is 12.3. The van der Waals surface area contributed by atoms with Crippen LogP contribution in [0, 0.1) is 0 Å². The molecule has 0 bridgehead atoms. The number of hydrogen-bond donors (Lipinski definition) is 1. The molecule has 0 spiro atoms. The van der Waals surface area contributed by atoms with E-state index in [0.717, 1.165) is 30.4 Å². The van der Waals surface area contributed by atoms with Crippen molar-refractivity contribution < 1.29 is 4.79 Å². The highest BCUT2D eigenvalue weighted by atomic mass is 35.5. The van der Waals surface area contributed by atoms with Gasteiger partial charge in [0.2, 0.25) is 5.91 Å². The summed E-state index contributed by atoms with van der Waals surface area (Å²) >= 11 is 7.67. The second kappa shape index (κ2) is 6.59. The molecule has 1 aromatic rings. The minimum absolute atomic E-state index is 0.113. The summed E-state index contributed by atoms with van der Waals surface area (Å²) in [7, 11) is 0. The van der Waals surface area contributed by atoms with Crippen LogP contribution in [-0.2, 0) is 4.79 Å². The first kappa shape index (κ1) is 15.2. The number of carbonyl (C=O) groups excluding carboxylic acids is 1. The van der Waals surface area contributed by atoms with Gasteiger partial charge in [0, 0.05) is 30.1 Å². The maximum Gasteiger partial charge on any atom is 0.233 e. The van der Waals surface area contributed by atoms with Crippen molar-refractivity contribution >= 4 is 29.3 Å². The van der Waals surface area contributed by atoms with Crippen LogP contribution in [0.25, 0.3) is 0 Å². The number of nitrogens with zero attached hydrogens (tertiary/aromatic N) is 1. The number of nitrogens with one attached hydrogen (secondary N) is 1. The Hall–Kier alpha value is -0.710. The molecule has 114 valence electrons. The molecule has 0 aromatic heterocycles. The van der Waals surface area contributed by atoms with Gasteiger partial charge in [0.1, 0.15) is 0 Å². The molecule has 1 amide bonds. The molecule has 5 heteroatoms. The molecular formula is C16H21ClN2OS. The van der Waals surface area contributed by atoms with Gasteiger partial charge in [0.25, 0.3) is 0 Å². The molecule has 3 rings (SSSR count). The van der Waals surface area contributed by atoms with E-state index < -0.39 is 0 Å². The van der Waals surface area contributed by atoms with E-state index in [0.29, 0.717) is 11.1 Å². The second-order valence-electron chi connectivity index (χ2n) is 5.91.